The van der Waals surface area contributed by atoms with Gasteiger partial charge in [-0.2, -0.15) is 9.18 Å². The lowest BCUT2D eigenvalue weighted by atomic mass is 9.81. The Hall–Kier alpha value is -6.79. The average Bonchev–Trinajstić information content (AvgIpc) is 3.83. The molecule has 352 valence electrons. The van der Waals surface area contributed by atoms with E-state index in [0.717, 1.165) is 50.6 Å². The van der Waals surface area contributed by atoms with E-state index in [-0.39, 0.29) is 10.8 Å². The van der Waals surface area contributed by atoms with Gasteiger partial charge in [0.25, 0.3) is 0 Å². The predicted molar refractivity (Wildman–Crippen MR) is 296 cm³/mol. The van der Waals surface area contributed by atoms with Crippen LogP contribution in [0.25, 0.3) is 49.9 Å². The largest absolute Gasteiger partial charge is 0.457 e. The molecule has 1 unspecified atom stereocenters. The number of ether oxygens (including phenoxy) is 1. The Morgan fingerprint density at radius 1 is 0.486 bits per heavy atom. The van der Waals surface area contributed by atoms with Crippen LogP contribution >= 0.6 is 0 Å². The number of hydrogen-bond donors (Lipinski definition) is 0. The van der Waals surface area contributed by atoms with E-state index in [2.05, 4.69) is 252 Å². The van der Waals surface area contributed by atoms with Gasteiger partial charge in [-0.1, -0.05) is 162 Å². The lowest BCUT2D eigenvalue weighted by molar-refractivity contribution is 0.422. The molecule has 2 atom stereocenters. The number of fused-ring (bicyclic) bond motifs is 7. The first-order valence-electron chi connectivity index (χ1n) is 25.4. The molecule has 5 heteroatoms. The number of pyridine rings is 1. The van der Waals surface area contributed by atoms with E-state index in [0.29, 0.717) is 26.9 Å². The SMILES string of the molecule is CC(C)c1cc(C(C)C)c(-c2cccc([N@+]34[CH-][N+]3(c3cc(Oc5ccc6c7ccccc7n(-c7cc(C(C)(C)C)ccn7)c6c5)cc(-c5ccccc5)c3)c3cc(C(C)(C)C)ccc34)c2)c(C(C)C)c1. The molecule has 1 saturated heterocycles. The van der Waals surface area contributed by atoms with Gasteiger partial charge in [-0.15, -0.1) is 0 Å². The fraction of sp³-hybridized carbons (Fsp3) is 0.262. The van der Waals surface area contributed by atoms with Crippen molar-refractivity contribution in [1.82, 2.24) is 18.7 Å². The summed E-state index contributed by atoms with van der Waals surface area (Å²) in [7, 11) is 0. The summed E-state index contributed by atoms with van der Waals surface area (Å²) in [5.74, 6) is 3.67. The van der Waals surface area contributed by atoms with Crippen LogP contribution in [-0.2, 0) is 10.8 Å². The van der Waals surface area contributed by atoms with Crippen LogP contribution in [0.5, 0.6) is 11.5 Å². The third kappa shape index (κ3) is 7.23. The van der Waals surface area contributed by atoms with Crippen LogP contribution in [0.1, 0.15) is 129 Å². The first kappa shape index (κ1) is 45.6. The zero-order chi connectivity index (χ0) is 49.1. The first-order chi connectivity index (χ1) is 33.4. The van der Waals surface area contributed by atoms with E-state index in [9.17, 15) is 0 Å². The second-order valence-electron chi connectivity index (χ2n) is 22.9. The zero-order valence-electron chi connectivity index (χ0n) is 43.1. The molecule has 0 amide bonds. The van der Waals surface area contributed by atoms with E-state index < -0.39 is 0 Å². The first-order valence-corrected chi connectivity index (χ1v) is 25.4. The molecule has 5 nitrogen and oxygen atoms in total. The Morgan fingerprint density at radius 3 is 1.83 bits per heavy atom. The molecule has 2 aliphatic rings. The summed E-state index contributed by atoms with van der Waals surface area (Å²) in [5, 5.41) is 2.35. The van der Waals surface area contributed by atoms with Crippen LogP contribution in [0.15, 0.2) is 164 Å². The Labute approximate surface area is 415 Å². The van der Waals surface area contributed by atoms with Gasteiger partial charge in [0.05, 0.1) is 11.0 Å². The van der Waals surface area contributed by atoms with E-state index in [1.165, 1.54) is 61.4 Å². The molecule has 0 radical (unpaired) electrons. The summed E-state index contributed by atoms with van der Waals surface area (Å²) < 4.78 is 10.6. The van der Waals surface area contributed by atoms with Gasteiger partial charge in [-0.3, -0.25) is 4.57 Å². The van der Waals surface area contributed by atoms with Crippen molar-refractivity contribution in [3.05, 3.63) is 198 Å². The van der Waals surface area contributed by atoms with Gasteiger partial charge in [-0.25, -0.2) is 4.98 Å². The predicted octanol–water partition coefficient (Wildman–Crippen LogP) is 18.6. The van der Waals surface area contributed by atoms with Gasteiger partial charge in [0, 0.05) is 59.4 Å². The molecule has 2 aliphatic heterocycles. The molecule has 0 aliphatic carbocycles. The van der Waals surface area contributed by atoms with Crippen LogP contribution < -0.4 is 13.9 Å². The standard InChI is InChI=1S/C65H67N4O/c1-41(2)46-34-56(42(3)4)63(57(35-46)43(5)6)45-21-18-22-50(31-45)68-40-69(68,61-36-48(64(7,8)9)25-28-60(61)68)51-32-47(44-19-14-13-15-20-44)33-53(38-51)70-52-26-27-55-54-23-16-17-24-58(54)67(59(55)39-52)62-37-49(29-30-66-62)65(10,11)12/h13-43H,1-12H3/q+1/t68-,69?/m0/s1. The molecule has 7 aromatic carbocycles. The minimum Gasteiger partial charge on any atom is -0.457 e. The van der Waals surface area contributed by atoms with Crippen molar-refractivity contribution < 1.29 is 4.74 Å². The van der Waals surface area contributed by atoms with Crippen molar-refractivity contribution in [2.45, 2.75) is 112 Å². The summed E-state index contributed by atoms with van der Waals surface area (Å²) in [4.78, 5) is 4.96. The van der Waals surface area contributed by atoms with Crippen LogP contribution in [0.2, 0.25) is 0 Å². The van der Waals surface area contributed by atoms with E-state index in [1.807, 2.05) is 6.20 Å². The van der Waals surface area contributed by atoms with Crippen molar-refractivity contribution in [3.8, 4) is 39.6 Å². The number of benzene rings is 7. The molecule has 0 spiro atoms. The topological polar surface area (TPSA) is 27.1 Å². The molecule has 0 bridgehead atoms. The highest BCUT2D eigenvalue weighted by Gasteiger charge is 2.78. The highest BCUT2D eigenvalue weighted by molar-refractivity contribution is 6.09. The van der Waals surface area contributed by atoms with Gasteiger partial charge in [0.2, 0.25) is 11.4 Å². The van der Waals surface area contributed by atoms with Crippen molar-refractivity contribution >= 4 is 44.6 Å². The Kier molecular flexibility index (Phi) is 10.7. The molecular weight excluding hydrogens is 853 g/mol. The quantitative estimate of drug-likeness (QED) is 0.0776. The average molecular weight is 920 g/mol. The smallest absolute Gasteiger partial charge is 0.225 e. The molecule has 2 aromatic heterocycles. The lowest BCUT2D eigenvalue weighted by Gasteiger charge is -2.41. The molecule has 0 N–H and O–H groups in total. The van der Waals surface area contributed by atoms with Crippen molar-refractivity contribution in [3.63, 3.8) is 0 Å². The number of nitrogens with zero attached hydrogens (tertiary/aromatic N) is 4. The van der Waals surface area contributed by atoms with E-state index >= 15 is 0 Å². The molecule has 9 aromatic rings. The second-order valence-corrected chi connectivity index (χ2v) is 22.9. The van der Waals surface area contributed by atoms with Crippen molar-refractivity contribution in [1.29, 1.82) is 0 Å². The molecule has 0 saturated carbocycles. The van der Waals surface area contributed by atoms with Crippen LogP contribution in [0.3, 0.4) is 0 Å². The van der Waals surface area contributed by atoms with Gasteiger partial charge < -0.3 is 4.74 Å². The number of rotatable bonds is 10. The van der Waals surface area contributed by atoms with Gasteiger partial charge >= 0.3 is 0 Å². The van der Waals surface area contributed by atoms with E-state index in [1.54, 1.807) is 0 Å². The second kappa shape index (κ2) is 16.4. The maximum atomic E-state index is 7.15. The Bertz CT molecular complexity index is 3480. The summed E-state index contributed by atoms with van der Waals surface area (Å²) in [5.41, 5.74) is 18.9. The fourth-order valence-electron chi connectivity index (χ4n) is 11.2. The third-order valence-electron chi connectivity index (χ3n) is 15.1. The van der Waals surface area contributed by atoms with Crippen LogP contribution in [0.4, 0.5) is 22.7 Å². The summed E-state index contributed by atoms with van der Waals surface area (Å²) in [6, 6.07) is 58.7. The maximum absolute atomic E-state index is 7.15. The van der Waals surface area contributed by atoms with E-state index in [4.69, 9.17) is 9.72 Å². The molecule has 4 heterocycles. The number of hydrogen-bond acceptors (Lipinski definition) is 2. The van der Waals surface area contributed by atoms with Crippen LogP contribution in [-0.4, -0.2) is 9.55 Å². The highest BCUT2D eigenvalue weighted by Crippen LogP contribution is 2.76. The lowest BCUT2D eigenvalue weighted by Crippen LogP contribution is -2.46. The fourth-order valence-corrected chi connectivity index (χ4v) is 11.2. The normalized spacial score (nSPS) is 17.6. The molecule has 11 rings (SSSR count). The van der Waals surface area contributed by atoms with Crippen molar-refractivity contribution in [2.75, 3.05) is 0 Å². The zero-order valence-corrected chi connectivity index (χ0v) is 43.1. The van der Waals surface area contributed by atoms with Gasteiger partial charge in [-0.05, 0) is 115 Å². The van der Waals surface area contributed by atoms with Gasteiger partial charge in [0.1, 0.15) is 17.3 Å². The summed E-state index contributed by atoms with van der Waals surface area (Å²) in [6.07, 6.45) is 1.94. The minimum atomic E-state index is -0.0221. The minimum absolute atomic E-state index is 0.0201. The summed E-state index contributed by atoms with van der Waals surface area (Å²) >= 11 is 0. The number of aromatic nitrogens is 2. The van der Waals surface area contributed by atoms with Crippen LogP contribution in [0, 0.1) is 6.67 Å². The molecule has 70 heavy (non-hydrogen) atoms. The monoisotopic (exact) mass is 920 g/mol. The molecular formula is C65H67N4O+. The maximum Gasteiger partial charge on any atom is 0.225 e. The van der Waals surface area contributed by atoms with Gasteiger partial charge in [0.15, 0.2) is 18.0 Å². The summed E-state index contributed by atoms with van der Waals surface area (Å²) in [6.45, 7) is 30.2. The Morgan fingerprint density at radius 2 is 1.13 bits per heavy atom. The molecule has 1 fully saturated rings. The number of para-hydroxylation sites is 1. The number of quaternary nitrogens is 2. The Balaban J connectivity index is 1.08. The highest BCUT2D eigenvalue weighted by atomic mass is 16.5. The third-order valence-corrected chi connectivity index (χ3v) is 15.1. The van der Waals surface area contributed by atoms with Crippen molar-refractivity contribution in [2.24, 2.45) is 0 Å².